The summed E-state index contributed by atoms with van der Waals surface area (Å²) in [6.07, 6.45) is 4.62. The van der Waals surface area contributed by atoms with Crippen LogP contribution < -0.4 is 0 Å². The first-order chi connectivity index (χ1) is 13.1. The summed E-state index contributed by atoms with van der Waals surface area (Å²) in [5.74, 6) is 0. The normalized spacial score (nSPS) is 16.0. The molecule has 3 heterocycles. The number of pyridine rings is 1. The zero-order valence-electron chi connectivity index (χ0n) is 16.5. The van der Waals surface area contributed by atoms with Gasteiger partial charge in [0, 0.05) is 23.5 Å². The molecular weight excluding hydrogens is 332 g/mol. The summed E-state index contributed by atoms with van der Waals surface area (Å²) in [6.45, 7) is 9.62. The molecule has 4 nitrogen and oxygen atoms in total. The van der Waals surface area contributed by atoms with Crippen LogP contribution in [0.25, 0.3) is 11.3 Å². The molecule has 0 saturated carbocycles. The molecule has 0 radical (unpaired) electrons. The van der Waals surface area contributed by atoms with E-state index < -0.39 is 0 Å². The third-order valence-corrected chi connectivity index (χ3v) is 5.61. The van der Waals surface area contributed by atoms with Crippen molar-refractivity contribution in [3.05, 3.63) is 71.2 Å². The number of aromatic nitrogens is 3. The van der Waals surface area contributed by atoms with Crippen LogP contribution in [0.1, 0.15) is 48.3 Å². The molecule has 0 aliphatic carbocycles. The highest BCUT2D eigenvalue weighted by Crippen LogP contribution is 2.27. The topological polar surface area (TPSA) is 34.0 Å². The number of rotatable bonds is 5. The van der Waals surface area contributed by atoms with Gasteiger partial charge in [-0.05, 0) is 76.0 Å². The smallest absolute Gasteiger partial charge is 0.0702 e. The van der Waals surface area contributed by atoms with Crippen molar-refractivity contribution >= 4 is 0 Å². The highest BCUT2D eigenvalue weighted by atomic mass is 15.3. The quantitative estimate of drug-likeness (QED) is 0.657. The van der Waals surface area contributed by atoms with Crippen LogP contribution >= 0.6 is 0 Å². The van der Waals surface area contributed by atoms with Crippen LogP contribution in [-0.4, -0.2) is 32.8 Å². The average Bonchev–Trinajstić information content (AvgIpc) is 3.32. The van der Waals surface area contributed by atoms with Gasteiger partial charge in [-0.1, -0.05) is 24.3 Å². The molecule has 4 rings (SSSR count). The number of hydrogen-bond acceptors (Lipinski definition) is 3. The molecule has 0 N–H and O–H groups in total. The van der Waals surface area contributed by atoms with E-state index in [0.29, 0.717) is 6.04 Å². The summed E-state index contributed by atoms with van der Waals surface area (Å²) in [5, 5.41) is 4.54. The minimum atomic E-state index is 0.470. The SMILES string of the molecule is Cc1cc(C)n(Cc2ccc(-c3cccc(C(C)N4CCCC4)c3)nc2)n1. The fourth-order valence-electron chi connectivity index (χ4n) is 3.99. The molecule has 3 aromatic rings. The Balaban J connectivity index is 1.51. The predicted molar refractivity (Wildman–Crippen MR) is 110 cm³/mol. The third-order valence-electron chi connectivity index (χ3n) is 5.61. The molecule has 0 spiro atoms. The molecule has 27 heavy (non-hydrogen) atoms. The molecule has 1 aliphatic heterocycles. The van der Waals surface area contributed by atoms with E-state index in [9.17, 15) is 0 Å². The van der Waals surface area contributed by atoms with Crippen LogP contribution in [0.5, 0.6) is 0 Å². The van der Waals surface area contributed by atoms with Crippen LogP contribution in [-0.2, 0) is 6.54 Å². The zero-order valence-corrected chi connectivity index (χ0v) is 16.5. The van der Waals surface area contributed by atoms with E-state index in [1.807, 2.05) is 17.8 Å². The summed E-state index contributed by atoms with van der Waals surface area (Å²) in [5.41, 5.74) is 7.01. The van der Waals surface area contributed by atoms with Crippen molar-refractivity contribution in [1.82, 2.24) is 19.7 Å². The molecule has 4 heteroatoms. The van der Waals surface area contributed by atoms with Crippen LogP contribution in [0.4, 0.5) is 0 Å². The van der Waals surface area contributed by atoms with Crippen molar-refractivity contribution in [1.29, 1.82) is 0 Å². The van der Waals surface area contributed by atoms with E-state index in [0.717, 1.165) is 17.9 Å². The Kier molecular flexibility index (Phi) is 5.08. The number of nitrogens with zero attached hydrogens (tertiary/aromatic N) is 4. The molecule has 1 fully saturated rings. The van der Waals surface area contributed by atoms with E-state index >= 15 is 0 Å². The van der Waals surface area contributed by atoms with Crippen LogP contribution in [0.2, 0.25) is 0 Å². The molecule has 140 valence electrons. The second-order valence-electron chi connectivity index (χ2n) is 7.68. The van der Waals surface area contributed by atoms with Gasteiger partial charge >= 0.3 is 0 Å². The average molecular weight is 361 g/mol. The van der Waals surface area contributed by atoms with Crippen molar-refractivity contribution in [3.8, 4) is 11.3 Å². The van der Waals surface area contributed by atoms with Crippen LogP contribution in [0, 0.1) is 13.8 Å². The second kappa shape index (κ2) is 7.65. The molecule has 1 saturated heterocycles. The van der Waals surface area contributed by atoms with Gasteiger partial charge in [0.2, 0.25) is 0 Å². The highest BCUT2D eigenvalue weighted by Gasteiger charge is 2.19. The summed E-state index contributed by atoms with van der Waals surface area (Å²) in [7, 11) is 0. The highest BCUT2D eigenvalue weighted by molar-refractivity contribution is 5.60. The maximum atomic E-state index is 4.72. The number of hydrogen-bond donors (Lipinski definition) is 0. The van der Waals surface area contributed by atoms with Crippen LogP contribution in [0.15, 0.2) is 48.7 Å². The lowest BCUT2D eigenvalue weighted by atomic mass is 10.0. The number of likely N-dealkylation sites (tertiary alicyclic amines) is 1. The van der Waals surface area contributed by atoms with Crippen molar-refractivity contribution in [2.45, 2.75) is 46.2 Å². The first kappa shape index (κ1) is 17.9. The molecule has 0 amide bonds. The zero-order chi connectivity index (χ0) is 18.8. The van der Waals surface area contributed by atoms with E-state index in [2.05, 4.69) is 66.3 Å². The number of aryl methyl sites for hydroxylation is 2. The van der Waals surface area contributed by atoms with E-state index in [-0.39, 0.29) is 0 Å². The summed E-state index contributed by atoms with van der Waals surface area (Å²) in [6, 6.07) is 15.7. The van der Waals surface area contributed by atoms with Gasteiger partial charge in [0.15, 0.2) is 0 Å². The summed E-state index contributed by atoms with van der Waals surface area (Å²) >= 11 is 0. The Bertz CT molecular complexity index is 904. The van der Waals surface area contributed by atoms with Crippen molar-refractivity contribution in [3.63, 3.8) is 0 Å². The first-order valence-corrected chi connectivity index (χ1v) is 9.90. The van der Waals surface area contributed by atoms with Gasteiger partial charge < -0.3 is 0 Å². The Morgan fingerprint density at radius 1 is 1.04 bits per heavy atom. The molecule has 1 aliphatic rings. The largest absolute Gasteiger partial charge is 0.297 e. The molecule has 2 aromatic heterocycles. The lowest BCUT2D eigenvalue weighted by Crippen LogP contribution is -2.23. The Labute approximate surface area is 161 Å². The van der Waals surface area contributed by atoms with Gasteiger partial charge in [0.25, 0.3) is 0 Å². The fraction of sp³-hybridized carbons (Fsp3) is 0.391. The second-order valence-corrected chi connectivity index (χ2v) is 7.68. The van der Waals surface area contributed by atoms with E-state index in [1.54, 1.807) is 0 Å². The van der Waals surface area contributed by atoms with Crippen molar-refractivity contribution in [2.75, 3.05) is 13.1 Å². The monoisotopic (exact) mass is 360 g/mol. The van der Waals surface area contributed by atoms with Gasteiger partial charge in [-0.25, -0.2) is 0 Å². The van der Waals surface area contributed by atoms with E-state index in [4.69, 9.17) is 4.98 Å². The Morgan fingerprint density at radius 3 is 2.52 bits per heavy atom. The molecule has 1 aromatic carbocycles. The minimum Gasteiger partial charge on any atom is -0.297 e. The summed E-state index contributed by atoms with van der Waals surface area (Å²) < 4.78 is 2.03. The van der Waals surface area contributed by atoms with Crippen molar-refractivity contribution in [2.24, 2.45) is 0 Å². The maximum Gasteiger partial charge on any atom is 0.0702 e. The third kappa shape index (κ3) is 3.96. The minimum absolute atomic E-state index is 0.470. The van der Waals surface area contributed by atoms with Gasteiger partial charge in [-0.15, -0.1) is 0 Å². The predicted octanol–water partition coefficient (Wildman–Crippen LogP) is 4.77. The van der Waals surface area contributed by atoms with Gasteiger partial charge in [-0.2, -0.15) is 5.10 Å². The fourth-order valence-corrected chi connectivity index (χ4v) is 3.99. The Morgan fingerprint density at radius 2 is 1.85 bits per heavy atom. The Hall–Kier alpha value is -2.46. The molecular formula is C23H28N4. The lowest BCUT2D eigenvalue weighted by Gasteiger charge is -2.24. The van der Waals surface area contributed by atoms with Crippen molar-refractivity contribution < 1.29 is 0 Å². The maximum absolute atomic E-state index is 4.72. The first-order valence-electron chi connectivity index (χ1n) is 9.90. The van der Waals surface area contributed by atoms with E-state index in [1.165, 1.54) is 48.3 Å². The summed E-state index contributed by atoms with van der Waals surface area (Å²) in [4.78, 5) is 7.30. The van der Waals surface area contributed by atoms with Gasteiger partial charge in [0.1, 0.15) is 0 Å². The van der Waals surface area contributed by atoms with Gasteiger partial charge in [0.05, 0.1) is 17.9 Å². The number of benzene rings is 1. The molecule has 0 bridgehead atoms. The molecule has 1 unspecified atom stereocenters. The van der Waals surface area contributed by atoms with Gasteiger partial charge in [-0.3, -0.25) is 14.6 Å². The molecule has 1 atom stereocenters. The van der Waals surface area contributed by atoms with Crippen LogP contribution in [0.3, 0.4) is 0 Å². The lowest BCUT2D eigenvalue weighted by molar-refractivity contribution is 0.263. The standard InChI is InChI=1S/C23H28N4/c1-17-13-18(2)27(25-17)16-20-9-10-23(24-15-20)22-8-6-7-21(14-22)19(3)26-11-4-5-12-26/h6-10,13-15,19H,4-5,11-12,16H2,1-3H3.